The lowest BCUT2D eigenvalue weighted by Crippen LogP contribution is -2.13. The number of hydrogen-bond acceptors (Lipinski definition) is 7. The summed E-state index contributed by atoms with van der Waals surface area (Å²) < 4.78 is 29.9. The van der Waals surface area contributed by atoms with Crippen molar-refractivity contribution in [2.24, 2.45) is 0 Å². The number of nitrogens with one attached hydrogen (secondary N) is 1. The molecule has 6 nitrogen and oxygen atoms in total. The number of aromatic nitrogens is 1. The summed E-state index contributed by atoms with van der Waals surface area (Å²) in [5.41, 5.74) is 1.23. The quantitative estimate of drug-likeness (QED) is 0.570. The van der Waals surface area contributed by atoms with Gasteiger partial charge in [0, 0.05) is 11.8 Å². The molecule has 0 aliphatic rings. The van der Waals surface area contributed by atoms with E-state index in [9.17, 15) is 13.2 Å². The Hall–Kier alpha value is -1.97. The van der Waals surface area contributed by atoms with Crippen molar-refractivity contribution in [3.8, 4) is 5.75 Å². The zero-order valence-corrected chi connectivity index (χ0v) is 17.2. The summed E-state index contributed by atoms with van der Waals surface area (Å²) in [4.78, 5) is 17.0. The van der Waals surface area contributed by atoms with Crippen molar-refractivity contribution >= 4 is 58.2 Å². The maximum Gasteiger partial charge on any atom is 0.184 e. The van der Waals surface area contributed by atoms with Crippen LogP contribution in [0.15, 0.2) is 45.8 Å². The standard InChI is InChI=1S/C17H15BrN2O4S2/c1-24-15-6-3-10(7-12(15)18)14(21)9-19-17-20-13-5-4-11(26(2,22)23)8-16(13)25-17/h3-8H,9H2,1-2H3,(H,19,20). The minimum atomic E-state index is -3.27. The molecular weight excluding hydrogens is 440 g/mol. The van der Waals surface area contributed by atoms with Crippen LogP contribution in [0.4, 0.5) is 5.13 Å². The molecule has 0 spiro atoms. The summed E-state index contributed by atoms with van der Waals surface area (Å²) in [6.45, 7) is 0.0809. The summed E-state index contributed by atoms with van der Waals surface area (Å²) in [6, 6.07) is 9.92. The van der Waals surface area contributed by atoms with Gasteiger partial charge in [-0.15, -0.1) is 0 Å². The first-order valence-electron chi connectivity index (χ1n) is 7.49. The van der Waals surface area contributed by atoms with E-state index in [1.165, 1.54) is 23.7 Å². The number of benzene rings is 2. The SMILES string of the molecule is COc1ccc(C(=O)CNc2nc3ccc(S(C)(=O)=O)cc3s2)cc1Br. The van der Waals surface area contributed by atoms with Gasteiger partial charge in [-0.25, -0.2) is 13.4 Å². The second-order valence-corrected chi connectivity index (χ2v) is 9.45. The minimum Gasteiger partial charge on any atom is -0.496 e. The number of fused-ring (bicyclic) bond motifs is 1. The highest BCUT2D eigenvalue weighted by atomic mass is 79.9. The van der Waals surface area contributed by atoms with Crippen LogP contribution in [0.3, 0.4) is 0 Å². The molecule has 0 amide bonds. The Morgan fingerprint density at radius 3 is 2.69 bits per heavy atom. The van der Waals surface area contributed by atoms with Gasteiger partial charge < -0.3 is 10.1 Å². The van der Waals surface area contributed by atoms with E-state index < -0.39 is 9.84 Å². The number of anilines is 1. The van der Waals surface area contributed by atoms with Crippen molar-refractivity contribution < 1.29 is 17.9 Å². The number of thiazole rings is 1. The zero-order chi connectivity index (χ0) is 18.9. The fourth-order valence-corrected chi connectivity index (χ4v) is 4.47. The number of halogens is 1. The Morgan fingerprint density at radius 1 is 1.27 bits per heavy atom. The average Bonchev–Trinajstić information content (AvgIpc) is 3.00. The summed E-state index contributed by atoms with van der Waals surface area (Å²) in [5, 5.41) is 3.56. The number of hydrogen-bond donors (Lipinski definition) is 1. The van der Waals surface area contributed by atoms with Crippen molar-refractivity contribution in [2.45, 2.75) is 4.90 Å². The predicted octanol–water partition coefficient (Wildman–Crippen LogP) is 3.77. The summed E-state index contributed by atoms with van der Waals surface area (Å²) in [5.74, 6) is 0.562. The lowest BCUT2D eigenvalue weighted by Gasteiger charge is -2.06. The highest BCUT2D eigenvalue weighted by Gasteiger charge is 2.13. The van der Waals surface area contributed by atoms with Gasteiger partial charge in [0.05, 0.1) is 33.2 Å². The molecule has 0 unspecified atom stereocenters. The van der Waals surface area contributed by atoms with Crippen LogP contribution in [-0.4, -0.2) is 39.1 Å². The van der Waals surface area contributed by atoms with E-state index in [0.29, 0.717) is 26.4 Å². The zero-order valence-electron chi connectivity index (χ0n) is 13.9. The van der Waals surface area contributed by atoms with Crippen LogP contribution in [0.25, 0.3) is 10.2 Å². The lowest BCUT2D eigenvalue weighted by atomic mass is 10.1. The van der Waals surface area contributed by atoms with Gasteiger partial charge in [0.15, 0.2) is 20.8 Å². The average molecular weight is 455 g/mol. The van der Waals surface area contributed by atoms with E-state index in [2.05, 4.69) is 26.2 Å². The first-order valence-corrected chi connectivity index (χ1v) is 11.0. The summed E-state index contributed by atoms with van der Waals surface area (Å²) in [6.07, 6.45) is 1.17. The Bertz CT molecular complexity index is 1090. The van der Waals surface area contributed by atoms with Crippen molar-refractivity contribution in [1.29, 1.82) is 0 Å². The number of nitrogens with zero attached hydrogens (tertiary/aromatic N) is 1. The van der Waals surface area contributed by atoms with E-state index in [1.54, 1.807) is 37.4 Å². The largest absolute Gasteiger partial charge is 0.496 e. The fraction of sp³-hybridized carbons (Fsp3) is 0.176. The van der Waals surface area contributed by atoms with E-state index in [-0.39, 0.29) is 17.2 Å². The van der Waals surface area contributed by atoms with Gasteiger partial charge in [0.1, 0.15) is 5.75 Å². The molecule has 26 heavy (non-hydrogen) atoms. The molecule has 3 rings (SSSR count). The van der Waals surface area contributed by atoms with Crippen LogP contribution < -0.4 is 10.1 Å². The molecule has 1 aromatic heterocycles. The van der Waals surface area contributed by atoms with Crippen molar-refractivity contribution in [3.05, 3.63) is 46.4 Å². The number of ether oxygens (including phenoxy) is 1. The van der Waals surface area contributed by atoms with Crippen LogP contribution in [0.1, 0.15) is 10.4 Å². The third-order valence-corrected chi connectivity index (χ3v) is 6.37. The lowest BCUT2D eigenvalue weighted by molar-refractivity contribution is 0.101. The van der Waals surface area contributed by atoms with Crippen LogP contribution in [-0.2, 0) is 9.84 Å². The third-order valence-electron chi connectivity index (χ3n) is 3.66. The predicted molar refractivity (Wildman–Crippen MR) is 106 cm³/mol. The molecule has 0 atom stereocenters. The Balaban J connectivity index is 1.75. The number of carbonyl (C=O) groups is 1. The Kier molecular flexibility index (Phi) is 5.31. The van der Waals surface area contributed by atoms with Gasteiger partial charge in [-0.2, -0.15) is 0 Å². The summed E-state index contributed by atoms with van der Waals surface area (Å²) >= 11 is 4.67. The number of ketones is 1. The van der Waals surface area contributed by atoms with Crippen LogP contribution in [0, 0.1) is 0 Å². The monoisotopic (exact) mass is 454 g/mol. The highest BCUT2D eigenvalue weighted by molar-refractivity contribution is 9.10. The third kappa shape index (κ3) is 4.05. The van der Waals surface area contributed by atoms with Crippen LogP contribution >= 0.6 is 27.3 Å². The second kappa shape index (κ2) is 7.34. The Morgan fingerprint density at radius 2 is 2.04 bits per heavy atom. The van der Waals surface area contributed by atoms with Crippen molar-refractivity contribution in [1.82, 2.24) is 4.98 Å². The van der Waals surface area contributed by atoms with Crippen molar-refractivity contribution in [2.75, 3.05) is 25.2 Å². The number of methoxy groups -OCH3 is 1. The van der Waals surface area contributed by atoms with Crippen LogP contribution in [0.5, 0.6) is 5.75 Å². The molecule has 2 aromatic carbocycles. The summed E-state index contributed by atoms with van der Waals surface area (Å²) in [7, 11) is -1.71. The molecule has 0 saturated heterocycles. The molecule has 0 aliphatic heterocycles. The first kappa shape index (κ1) is 18.8. The topological polar surface area (TPSA) is 85.4 Å². The van der Waals surface area contributed by atoms with E-state index in [0.717, 1.165) is 4.70 Å². The molecule has 0 saturated carbocycles. The molecule has 136 valence electrons. The maximum atomic E-state index is 12.3. The van der Waals surface area contributed by atoms with Gasteiger partial charge in [-0.1, -0.05) is 11.3 Å². The maximum absolute atomic E-state index is 12.3. The molecule has 1 N–H and O–H groups in total. The molecule has 1 heterocycles. The molecule has 9 heteroatoms. The molecule has 3 aromatic rings. The highest BCUT2D eigenvalue weighted by Crippen LogP contribution is 2.29. The van der Waals surface area contributed by atoms with Gasteiger partial charge in [-0.05, 0) is 52.3 Å². The fourth-order valence-electron chi connectivity index (χ4n) is 2.31. The molecular formula is C17H15BrN2O4S2. The van der Waals surface area contributed by atoms with E-state index in [4.69, 9.17) is 4.74 Å². The van der Waals surface area contributed by atoms with E-state index in [1.807, 2.05) is 0 Å². The first-order chi connectivity index (χ1) is 12.3. The minimum absolute atomic E-state index is 0.0809. The normalized spacial score (nSPS) is 11.5. The molecule has 0 radical (unpaired) electrons. The number of Topliss-reactive ketones (excluding diaryl/α,β-unsaturated/α-hetero) is 1. The second-order valence-electron chi connectivity index (χ2n) is 5.55. The van der Waals surface area contributed by atoms with Gasteiger partial charge in [0.25, 0.3) is 0 Å². The van der Waals surface area contributed by atoms with Gasteiger partial charge in [0.2, 0.25) is 0 Å². The van der Waals surface area contributed by atoms with Crippen LogP contribution in [0.2, 0.25) is 0 Å². The number of carbonyl (C=O) groups excluding carboxylic acids is 1. The van der Waals surface area contributed by atoms with Gasteiger partial charge in [-0.3, -0.25) is 4.79 Å². The molecule has 0 fully saturated rings. The van der Waals surface area contributed by atoms with Crippen molar-refractivity contribution in [3.63, 3.8) is 0 Å². The molecule has 0 aliphatic carbocycles. The number of rotatable bonds is 6. The van der Waals surface area contributed by atoms with E-state index >= 15 is 0 Å². The number of sulfone groups is 1. The molecule has 0 bridgehead atoms. The Labute approximate surface area is 163 Å². The van der Waals surface area contributed by atoms with Gasteiger partial charge >= 0.3 is 0 Å². The smallest absolute Gasteiger partial charge is 0.184 e.